The summed E-state index contributed by atoms with van der Waals surface area (Å²) < 4.78 is 30.8. The molecule has 0 aliphatic heterocycles. The summed E-state index contributed by atoms with van der Waals surface area (Å²) in [4.78, 5) is 16.9. The smallest absolute Gasteiger partial charge is 0.412 e. The molecule has 6 nitrogen and oxygen atoms in total. The second-order valence-corrected chi connectivity index (χ2v) is 8.46. The molecule has 0 aliphatic rings. The number of aryl methyl sites for hydroxylation is 1. The highest BCUT2D eigenvalue weighted by molar-refractivity contribution is 6.01. The van der Waals surface area contributed by atoms with Crippen molar-refractivity contribution in [3.8, 4) is 17.0 Å². The summed E-state index contributed by atoms with van der Waals surface area (Å²) in [5.41, 5.74) is 2.61. The van der Waals surface area contributed by atoms with Crippen LogP contribution in [0, 0.1) is 12.7 Å². The fraction of sp³-hybridized carbons (Fsp3) is 0.360. The van der Waals surface area contributed by atoms with Crippen molar-refractivity contribution in [1.82, 2.24) is 4.98 Å². The largest absolute Gasteiger partial charge is 0.468 e. The summed E-state index contributed by atoms with van der Waals surface area (Å²) in [6.07, 6.45) is 1.57. The molecular weight excluding hydrogens is 411 g/mol. The highest BCUT2D eigenvalue weighted by Gasteiger charge is 2.20. The van der Waals surface area contributed by atoms with Gasteiger partial charge in [-0.3, -0.25) is 10.3 Å². The number of rotatable bonds is 6. The van der Waals surface area contributed by atoms with Crippen molar-refractivity contribution < 1.29 is 23.4 Å². The Morgan fingerprint density at radius 3 is 2.59 bits per heavy atom. The van der Waals surface area contributed by atoms with E-state index < -0.39 is 11.7 Å². The van der Waals surface area contributed by atoms with E-state index in [-0.39, 0.29) is 12.6 Å². The minimum Gasteiger partial charge on any atom is -0.468 e. The van der Waals surface area contributed by atoms with Crippen molar-refractivity contribution in [3.63, 3.8) is 0 Å². The zero-order chi connectivity index (χ0) is 23.5. The van der Waals surface area contributed by atoms with Gasteiger partial charge in [0.25, 0.3) is 0 Å². The fourth-order valence-electron chi connectivity index (χ4n) is 3.59. The van der Waals surface area contributed by atoms with Gasteiger partial charge >= 0.3 is 6.09 Å². The van der Waals surface area contributed by atoms with Gasteiger partial charge in [-0.15, -0.1) is 0 Å². The molecule has 170 valence electrons. The van der Waals surface area contributed by atoms with E-state index >= 15 is 0 Å². The molecule has 1 amide bonds. The summed E-state index contributed by atoms with van der Waals surface area (Å²) in [7, 11) is 1.55. The Kier molecular flexibility index (Phi) is 6.99. The van der Waals surface area contributed by atoms with Crippen molar-refractivity contribution in [3.05, 3.63) is 53.5 Å². The van der Waals surface area contributed by atoms with Crippen molar-refractivity contribution in [2.24, 2.45) is 0 Å². The average molecular weight is 441 g/mol. The van der Waals surface area contributed by atoms with Crippen molar-refractivity contribution in [2.75, 3.05) is 19.2 Å². The number of halogens is 1. The van der Waals surface area contributed by atoms with Gasteiger partial charge in [-0.25, -0.2) is 9.18 Å². The molecule has 1 heterocycles. The Bertz CT molecular complexity index is 1140. The Balaban J connectivity index is 2.17. The molecule has 1 N–H and O–H groups in total. The Morgan fingerprint density at radius 1 is 1.19 bits per heavy atom. The molecule has 0 unspecified atom stereocenters. The first kappa shape index (κ1) is 23.5. The first-order valence-corrected chi connectivity index (χ1v) is 10.5. The lowest BCUT2D eigenvalue weighted by atomic mass is 9.93. The van der Waals surface area contributed by atoms with Crippen molar-refractivity contribution in [1.29, 1.82) is 0 Å². The third kappa shape index (κ3) is 5.16. The number of benzene rings is 2. The van der Waals surface area contributed by atoms with Gasteiger partial charge in [-0.2, -0.15) is 0 Å². The van der Waals surface area contributed by atoms with Gasteiger partial charge in [0.1, 0.15) is 17.2 Å². The number of hydrogen-bond donors (Lipinski definition) is 1. The summed E-state index contributed by atoms with van der Waals surface area (Å²) in [5, 5.41) is 4.39. The minimum atomic E-state index is -0.620. The lowest BCUT2D eigenvalue weighted by molar-refractivity contribution is 0.0512. The van der Waals surface area contributed by atoms with Crippen LogP contribution in [0.15, 0.2) is 36.5 Å². The number of hydrogen-bond acceptors (Lipinski definition) is 5. The van der Waals surface area contributed by atoms with Gasteiger partial charge in [0.2, 0.25) is 0 Å². The van der Waals surface area contributed by atoms with Crippen LogP contribution in [-0.4, -0.2) is 30.6 Å². The maximum atomic E-state index is 14.7. The molecule has 1 aromatic heterocycles. The Hall–Kier alpha value is -3.19. The number of carbonyl (C=O) groups excluding carboxylic acids is 1. The fourth-order valence-corrected chi connectivity index (χ4v) is 3.59. The first-order valence-electron chi connectivity index (χ1n) is 10.5. The molecule has 2 aromatic carbocycles. The summed E-state index contributed by atoms with van der Waals surface area (Å²) in [6.45, 7) is 9.26. The van der Waals surface area contributed by atoms with Crippen LogP contribution in [0.5, 0.6) is 5.75 Å². The topological polar surface area (TPSA) is 69.7 Å². The molecule has 32 heavy (non-hydrogen) atoms. The molecule has 0 aliphatic carbocycles. The third-order valence-corrected chi connectivity index (χ3v) is 4.93. The molecule has 3 aromatic rings. The number of methoxy groups -OCH3 is 1. The van der Waals surface area contributed by atoms with E-state index in [0.717, 1.165) is 21.9 Å². The molecule has 0 fully saturated rings. The van der Waals surface area contributed by atoms with Gasteiger partial charge < -0.3 is 14.2 Å². The molecule has 0 radical (unpaired) electrons. The standard InChI is InChI=1S/C25H29FN2O4/c1-7-18-20(26)9-8-16-12-17(31-14-30-6)13-19(22(16)18)23-15(2)21(10-11-27-23)28-24(29)32-25(3,4)5/h8-13H,7,14H2,1-6H3,(H,27,28,29). The van der Waals surface area contributed by atoms with Gasteiger partial charge in [0.05, 0.1) is 11.4 Å². The third-order valence-electron chi connectivity index (χ3n) is 4.93. The minimum absolute atomic E-state index is 0.0828. The van der Waals surface area contributed by atoms with Gasteiger partial charge in [-0.1, -0.05) is 13.0 Å². The number of aromatic nitrogens is 1. The van der Waals surface area contributed by atoms with Crippen LogP contribution in [0.4, 0.5) is 14.9 Å². The number of nitrogens with one attached hydrogen (secondary N) is 1. The van der Waals surface area contributed by atoms with Crippen LogP contribution in [0.3, 0.4) is 0 Å². The predicted octanol–water partition coefficient (Wildman–Crippen LogP) is 6.24. The molecule has 3 rings (SSSR count). The Labute approximate surface area is 187 Å². The number of nitrogens with zero attached hydrogens (tertiary/aromatic N) is 1. The maximum Gasteiger partial charge on any atom is 0.412 e. The zero-order valence-corrected chi connectivity index (χ0v) is 19.3. The number of pyridine rings is 1. The van der Waals surface area contributed by atoms with Gasteiger partial charge in [0.15, 0.2) is 6.79 Å². The van der Waals surface area contributed by atoms with Crippen LogP contribution >= 0.6 is 0 Å². The zero-order valence-electron chi connectivity index (χ0n) is 19.3. The number of ether oxygens (including phenoxy) is 3. The lowest BCUT2D eigenvalue weighted by Crippen LogP contribution is -2.27. The normalized spacial score (nSPS) is 11.5. The summed E-state index contributed by atoms with van der Waals surface area (Å²) in [5.74, 6) is 0.308. The van der Waals surface area contributed by atoms with E-state index in [1.807, 2.05) is 26.0 Å². The van der Waals surface area contributed by atoms with Crippen LogP contribution in [0.2, 0.25) is 0 Å². The van der Waals surface area contributed by atoms with E-state index in [1.54, 1.807) is 46.2 Å². The molecular formula is C25H29FN2O4. The van der Waals surface area contributed by atoms with Gasteiger partial charge in [-0.05, 0) is 80.3 Å². The molecule has 0 bridgehead atoms. The van der Waals surface area contributed by atoms with E-state index in [2.05, 4.69) is 10.3 Å². The molecule has 0 saturated carbocycles. The summed E-state index contributed by atoms with van der Waals surface area (Å²) >= 11 is 0. The number of carbonyl (C=O) groups is 1. The van der Waals surface area contributed by atoms with Crippen LogP contribution in [-0.2, 0) is 15.9 Å². The number of amides is 1. The van der Waals surface area contributed by atoms with Crippen LogP contribution < -0.4 is 10.1 Å². The van der Waals surface area contributed by atoms with E-state index in [0.29, 0.717) is 29.1 Å². The highest BCUT2D eigenvalue weighted by Crippen LogP contribution is 2.38. The molecule has 0 atom stereocenters. The summed E-state index contributed by atoms with van der Waals surface area (Å²) in [6, 6.07) is 8.58. The quantitative estimate of drug-likeness (QED) is 0.459. The number of anilines is 1. The van der Waals surface area contributed by atoms with Crippen LogP contribution in [0.25, 0.3) is 22.0 Å². The highest BCUT2D eigenvalue weighted by atomic mass is 19.1. The molecule has 0 saturated heterocycles. The van der Waals surface area contributed by atoms with Crippen molar-refractivity contribution in [2.45, 2.75) is 46.6 Å². The average Bonchev–Trinajstić information content (AvgIpc) is 2.72. The van der Waals surface area contributed by atoms with Crippen molar-refractivity contribution >= 4 is 22.6 Å². The van der Waals surface area contributed by atoms with E-state index in [9.17, 15) is 9.18 Å². The Morgan fingerprint density at radius 2 is 1.94 bits per heavy atom. The first-order chi connectivity index (χ1) is 15.1. The lowest BCUT2D eigenvalue weighted by Gasteiger charge is -2.21. The van der Waals surface area contributed by atoms with E-state index in [1.165, 1.54) is 6.07 Å². The van der Waals surface area contributed by atoms with E-state index in [4.69, 9.17) is 14.2 Å². The maximum absolute atomic E-state index is 14.7. The second kappa shape index (κ2) is 9.53. The second-order valence-electron chi connectivity index (χ2n) is 8.46. The SMILES string of the molecule is CCc1c(F)ccc2cc(OCOC)cc(-c3nccc(NC(=O)OC(C)(C)C)c3C)c12. The van der Waals surface area contributed by atoms with Crippen LogP contribution in [0.1, 0.15) is 38.8 Å². The number of fused-ring (bicyclic) bond motifs is 1. The monoisotopic (exact) mass is 440 g/mol. The predicted molar refractivity (Wildman–Crippen MR) is 124 cm³/mol. The van der Waals surface area contributed by atoms with Gasteiger partial charge in [0, 0.05) is 18.9 Å². The molecule has 0 spiro atoms. The molecule has 7 heteroatoms.